The molecule has 0 aliphatic heterocycles. The number of benzene rings is 2. The summed E-state index contributed by atoms with van der Waals surface area (Å²) in [6.45, 7) is 2.06. The first-order chi connectivity index (χ1) is 10.2. The van der Waals surface area contributed by atoms with E-state index >= 15 is 0 Å². The van der Waals surface area contributed by atoms with E-state index in [4.69, 9.17) is 0 Å². The van der Waals surface area contributed by atoms with E-state index in [2.05, 4.69) is 41.4 Å². The van der Waals surface area contributed by atoms with Crippen LogP contribution in [0.4, 0.5) is 0 Å². The Kier molecular flexibility index (Phi) is 3.69. The van der Waals surface area contributed by atoms with Gasteiger partial charge in [-0.3, -0.25) is 4.57 Å². The van der Waals surface area contributed by atoms with Gasteiger partial charge in [-0.2, -0.15) is 0 Å². The van der Waals surface area contributed by atoms with Gasteiger partial charge in [-0.05, 0) is 37.1 Å². The van der Waals surface area contributed by atoms with Gasteiger partial charge in [-0.15, -0.1) is 10.2 Å². The highest BCUT2D eigenvalue weighted by atomic mass is 16.3. The third-order valence-corrected chi connectivity index (χ3v) is 3.54. The maximum atomic E-state index is 9.81. The van der Waals surface area contributed by atoms with Crippen LogP contribution in [0.1, 0.15) is 17.0 Å². The number of aromatic nitrogens is 3. The van der Waals surface area contributed by atoms with Gasteiger partial charge in [0.2, 0.25) is 0 Å². The van der Waals surface area contributed by atoms with E-state index in [-0.39, 0.29) is 0 Å². The average Bonchev–Trinajstić information content (AvgIpc) is 2.96. The summed E-state index contributed by atoms with van der Waals surface area (Å²) in [5.41, 5.74) is 3.21. The molecule has 1 aromatic heterocycles. The van der Waals surface area contributed by atoms with Gasteiger partial charge in [0.15, 0.2) is 0 Å². The molecule has 3 aromatic rings. The number of nitrogens with zero attached hydrogens (tertiary/aromatic N) is 3. The fourth-order valence-corrected chi connectivity index (χ4v) is 2.32. The first-order valence-electron chi connectivity index (χ1n) is 6.97. The lowest BCUT2D eigenvalue weighted by atomic mass is 10.1. The van der Waals surface area contributed by atoms with Gasteiger partial charge in [0.1, 0.15) is 17.9 Å². The van der Waals surface area contributed by atoms with Crippen LogP contribution in [0.3, 0.4) is 0 Å². The SMILES string of the molecule is Cc1ccc(-n2cnnc2CCc2ccccc2O)cc1. The van der Waals surface area contributed by atoms with Crippen molar-refractivity contribution in [3.63, 3.8) is 0 Å². The summed E-state index contributed by atoms with van der Waals surface area (Å²) in [6, 6.07) is 15.7. The lowest BCUT2D eigenvalue weighted by Crippen LogP contribution is -2.02. The van der Waals surface area contributed by atoms with E-state index in [1.54, 1.807) is 12.4 Å². The summed E-state index contributed by atoms with van der Waals surface area (Å²) in [4.78, 5) is 0. The number of para-hydroxylation sites is 1. The predicted molar refractivity (Wildman–Crippen MR) is 81.6 cm³/mol. The molecular weight excluding hydrogens is 262 g/mol. The van der Waals surface area contributed by atoms with Crippen molar-refractivity contribution in [1.82, 2.24) is 14.8 Å². The summed E-state index contributed by atoms with van der Waals surface area (Å²) >= 11 is 0. The Labute approximate surface area is 123 Å². The van der Waals surface area contributed by atoms with Gasteiger partial charge in [0, 0.05) is 12.1 Å². The van der Waals surface area contributed by atoms with E-state index in [1.807, 2.05) is 22.8 Å². The first kappa shape index (κ1) is 13.4. The van der Waals surface area contributed by atoms with Crippen molar-refractivity contribution in [2.24, 2.45) is 0 Å². The average molecular weight is 279 g/mol. The molecule has 0 aliphatic carbocycles. The lowest BCUT2D eigenvalue weighted by molar-refractivity contribution is 0.467. The fraction of sp³-hybridized carbons (Fsp3) is 0.176. The van der Waals surface area contributed by atoms with Crippen LogP contribution >= 0.6 is 0 Å². The molecule has 0 saturated carbocycles. The molecule has 0 unspecified atom stereocenters. The van der Waals surface area contributed by atoms with E-state index in [0.717, 1.165) is 29.9 Å². The third kappa shape index (κ3) is 2.94. The molecule has 1 N–H and O–H groups in total. The van der Waals surface area contributed by atoms with Crippen molar-refractivity contribution in [3.05, 3.63) is 71.8 Å². The molecule has 3 rings (SSSR count). The fourth-order valence-electron chi connectivity index (χ4n) is 2.32. The van der Waals surface area contributed by atoms with Crippen LogP contribution in [0.15, 0.2) is 54.9 Å². The van der Waals surface area contributed by atoms with Crippen LogP contribution < -0.4 is 0 Å². The van der Waals surface area contributed by atoms with Crippen molar-refractivity contribution in [2.75, 3.05) is 0 Å². The third-order valence-electron chi connectivity index (χ3n) is 3.54. The van der Waals surface area contributed by atoms with Gasteiger partial charge in [-0.1, -0.05) is 35.9 Å². The Morgan fingerprint density at radius 3 is 2.52 bits per heavy atom. The molecule has 106 valence electrons. The standard InChI is InChI=1S/C17H17N3O/c1-13-6-9-15(10-7-13)20-12-18-19-17(20)11-8-14-4-2-3-5-16(14)21/h2-7,9-10,12,21H,8,11H2,1H3. The highest BCUT2D eigenvalue weighted by Gasteiger charge is 2.08. The number of phenolic OH excluding ortho intramolecular Hbond substituents is 1. The Morgan fingerprint density at radius 2 is 1.76 bits per heavy atom. The quantitative estimate of drug-likeness (QED) is 0.798. The molecule has 4 nitrogen and oxygen atoms in total. The second-order valence-corrected chi connectivity index (χ2v) is 5.08. The van der Waals surface area contributed by atoms with E-state index < -0.39 is 0 Å². The molecule has 1 heterocycles. The number of hydrogen-bond acceptors (Lipinski definition) is 3. The second-order valence-electron chi connectivity index (χ2n) is 5.08. The number of hydrogen-bond donors (Lipinski definition) is 1. The molecule has 0 spiro atoms. The van der Waals surface area contributed by atoms with Crippen molar-refractivity contribution in [1.29, 1.82) is 0 Å². The Morgan fingerprint density at radius 1 is 1.00 bits per heavy atom. The summed E-state index contributed by atoms with van der Waals surface area (Å²) in [7, 11) is 0. The number of aromatic hydroxyl groups is 1. The Bertz CT molecular complexity index is 732. The Hall–Kier alpha value is -2.62. The molecule has 0 bridgehead atoms. The lowest BCUT2D eigenvalue weighted by Gasteiger charge is -2.07. The van der Waals surface area contributed by atoms with E-state index in [9.17, 15) is 5.11 Å². The normalized spacial score (nSPS) is 10.7. The molecule has 0 aliphatic rings. The maximum absolute atomic E-state index is 9.81. The van der Waals surface area contributed by atoms with Crippen LogP contribution in [0.5, 0.6) is 5.75 Å². The van der Waals surface area contributed by atoms with E-state index in [0.29, 0.717) is 5.75 Å². The monoisotopic (exact) mass is 279 g/mol. The minimum absolute atomic E-state index is 0.332. The molecular formula is C17H17N3O. The van der Waals surface area contributed by atoms with Crippen molar-refractivity contribution in [3.8, 4) is 11.4 Å². The van der Waals surface area contributed by atoms with Crippen LogP contribution in [0.2, 0.25) is 0 Å². The molecule has 0 fully saturated rings. The first-order valence-corrected chi connectivity index (χ1v) is 6.97. The molecule has 0 atom stereocenters. The van der Waals surface area contributed by atoms with Gasteiger partial charge in [-0.25, -0.2) is 0 Å². The molecule has 0 amide bonds. The molecule has 4 heteroatoms. The van der Waals surface area contributed by atoms with Crippen molar-refractivity contribution >= 4 is 0 Å². The zero-order chi connectivity index (χ0) is 14.7. The van der Waals surface area contributed by atoms with Crippen molar-refractivity contribution < 1.29 is 5.11 Å². The van der Waals surface area contributed by atoms with Gasteiger partial charge < -0.3 is 5.11 Å². The second kappa shape index (κ2) is 5.79. The van der Waals surface area contributed by atoms with E-state index in [1.165, 1.54) is 5.56 Å². The zero-order valence-corrected chi connectivity index (χ0v) is 11.9. The summed E-state index contributed by atoms with van der Waals surface area (Å²) in [5, 5.41) is 18.0. The zero-order valence-electron chi connectivity index (χ0n) is 11.9. The summed E-state index contributed by atoms with van der Waals surface area (Å²) in [5.74, 6) is 1.22. The summed E-state index contributed by atoms with van der Waals surface area (Å²) in [6.07, 6.45) is 3.19. The van der Waals surface area contributed by atoms with Crippen LogP contribution in [-0.4, -0.2) is 19.9 Å². The highest BCUT2D eigenvalue weighted by Crippen LogP contribution is 2.18. The topological polar surface area (TPSA) is 50.9 Å². The molecule has 0 saturated heterocycles. The molecule has 0 radical (unpaired) electrons. The van der Waals surface area contributed by atoms with Crippen LogP contribution in [0, 0.1) is 6.92 Å². The number of aryl methyl sites for hydroxylation is 3. The summed E-state index contributed by atoms with van der Waals surface area (Å²) < 4.78 is 1.99. The van der Waals surface area contributed by atoms with Gasteiger partial charge in [0.05, 0.1) is 0 Å². The molecule has 2 aromatic carbocycles. The predicted octanol–water partition coefficient (Wildman–Crippen LogP) is 3.07. The highest BCUT2D eigenvalue weighted by molar-refractivity contribution is 5.36. The number of rotatable bonds is 4. The minimum atomic E-state index is 0.332. The number of phenols is 1. The van der Waals surface area contributed by atoms with Crippen molar-refractivity contribution in [2.45, 2.75) is 19.8 Å². The Balaban J connectivity index is 1.80. The molecule has 21 heavy (non-hydrogen) atoms. The van der Waals surface area contributed by atoms with Crippen LogP contribution in [-0.2, 0) is 12.8 Å². The minimum Gasteiger partial charge on any atom is -0.508 e. The smallest absolute Gasteiger partial charge is 0.137 e. The van der Waals surface area contributed by atoms with Gasteiger partial charge >= 0.3 is 0 Å². The maximum Gasteiger partial charge on any atom is 0.137 e. The largest absolute Gasteiger partial charge is 0.508 e. The van der Waals surface area contributed by atoms with Crippen LogP contribution in [0.25, 0.3) is 5.69 Å². The van der Waals surface area contributed by atoms with Gasteiger partial charge in [0.25, 0.3) is 0 Å².